The molecule has 4 heteroatoms. The summed E-state index contributed by atoms with van der Waals surface area (Å²) in [6.07, 6.45) is 0. The van der Waals surface area contributed by atoms with Crippen LogP contribution in [0.5, 0.6) is 0 Å². The third kappa shape index (κ3) is 1.59. The van der Waals surface area contributed by atoms with Crippen LogP contribution in [0, 0.1) is 11.3 Å². The maximum Gasteiger partial charge on any atom is 0.239 e. The molecule has 1 aliphatic rings. The highest BCUT2D eigenvalue weighted by molar-refractivity contribution is 8.01. The summed E-state index contributed by atoms with van der Waals surface area (Å²) in [5.41, 5.74) is 1.53. The van der Waals surface area contributed by atoms with E-state index in [2.05, 4.69) is 6.07 Å². The Kier molecular flexibility index (Phi) is 2.41. The van der Waals surface area contributed by atoms with Gasteiger partial charge in [0.25, 0.3) is 0 Å². The Morgan fingerprint density at radius 1 is 1.53 bits per heavy atom. The van der Waals surface area contributed by atoms with E-state index in [0.717, 1.165) is 10.6 Å². The van der Waals surface area contributed by atoms with Crippen molar-refractivity contribution in [3.8, 4) is 6.07 Å². The van der Waals surface area contributed by atoms with Crippen molar-refractivity contribution in [2.75, 3.05) is 11.9 Å². The lowest BCUT2D eigenvalue weighted by Gasteiger charge is -2.29. The number of carbonyl (C=O) groups excluding carboxylic acids is 1. The van der Waals surface area contributed by atoms with Crippen LogP contribution in [-0.4, -0.2) is 18.2 Å². The molecule has 0 radical (unpaired) electrons. The quantitative estimate of drug-likeness (QED) is 0.669. The van der Waals surface area contributed by atoms with Crippen molar-refractivity contribution >= 4 is 23.4 Å². The minimum atomic E-state index is -0.0727. The van der Waals surface area contributed by atoms with Gasteiger partial charge >= 0.3 is 0 Å². The standard InChI is InChI=1S/C11H10N2OS/c1-7-11(14)13(2)9-4-3-8(6-12)5-10(9)15-7/h3-5,7H,1-2H3. The number of amides is 1. The first kappa shape index (κ1) is 10.1. The zero-order valence-corrected chi connectivity index (χ0v) is 9.34. The molecule has 0 spiro atoms. The molecular weight excluding hydrogens is 208 g/mol. The second-order valence-electron chi connectivity index (χ2n) is 3.45. The summed E-state index contributed by atoms with van der Waals surface area (Å²) in [6, 6.07) is 7.49. The monoisotopic (exact) mass is 218 g/mol. The summed E-state index contributed by atoms with van der Waals surface area (Å²) in [6.45, 7) is 1.88. The number of carbonyl (C=O) groups is 1. The molecule has 1 aromatic carbocycles. The Morgan fingerprint density at radius 2 is 2.27 bits per heavy atom. The van der Waals surface area contributed by atoms with Crippen LogP contribution >= 0.6 is 11.8 Å². The molecule has 1 atom stereocenters. The number of nitrogens with zero attached hydrogens (tertiary/aromatic N) is 2. The first-order valence-electron chi connectivity index (χ1n) is 4.62. The molecule has 1 unspecified atom stereocenters. The van der Waals surface area contributed by atoms with E-state index in [0.29, 0.717) is 5.56 Å². The van der Waals surface area contributed by atoms with Crippen molar-refractivity contribution < 1.29 is 4.79 Å². The molecule has 3 nitrogen and oxygen atoms in total. The van der Waals surface area contributed by atoms with E-state index in [9.17, 15) is 4.79 Å². The summed E-state index contributed by atoms with van der Waals surface area (Å²) in [5, 5.41) is 8.71. The van der Waals surface area contributed by atoms with Gasteiger partial charge in [0.2, 0.25) is 5.91 Å². The molecular formula is C11H10N2OS. The maximum absolute atomic E-state index is 11.7. The Labute approximate surface area is 92.7 Å². The van der Waals surface area contributed by atoms with Gasteiger partial charge in [-0.05, 0) is 25.1 Å². The molecule has 15 heavy (non-hydrogen) atoms. The maximum atomic E-state index is 11.7. The van der Waals surface area contributed by atoms with Gasteiger partial charge in [0.1, 0.15) is 0 Å². The molecule has 0 fully saturated rings. The van der Waals surface area contributed by atoms with Crippen LogP contribution in [0.2, 0.25) is 0 Å². The molecule has 76 valence electrons. The normalized spacial score (nSPS) is 19.7. The summed E-state index contributed by atoms with van der Waals surface area (Å²) in [5.74, 6) is 0.109. The van der Waals surface area contributed by atoms with Crippen molar-refractivity contribution in [2.24, 2.45) is 0 Å². The zero-order chi connectivity index (χ0) is 11.0. The number of nitriles is 1. The van der Waals surface area contributed by atoms with Gasteiger partial charge in [-0.1, -0.05) is 0 Å². The second-order valence-corrected chi connectivity index (χ2v) is 4.83. The highest BCUT2D eigenvalue weighted by atomic mass is 32.2. The fourth-order valence-corrected chi connectivity index (χ4v) is 2.75. The lowest BCUT2D eigenvalue weighted by Crippen LogP contribution is -2.36. The topological polar surface area (TPSA) is 44.1 Å². The lowest BCUT2D eigenvalue weighted by molar-refractivity contribution is -0.117. The molecule has 0 aliphatic carbocycles. The molecule has 0 saturated carbocycles. The minimum absolute atomic E-state index is 0.0727. The third-order valence-corrected chi connectivity index (χ3v) is 3.57. The average molecular weight is 218 g/mol. The second kappa shape index (κ2) is 3.59. The van der Waals surface area contributed by atoms with Gasteiger partial charge in [0, 0.05) is 11.9 Å². The average Bonchev–Trinajstić information content (AvgIpc) is 2.25. The summed E-state index contributed by atoms with van der Waals surface area (Å²) < 4.78 is 0. The fraction of sp³-hybridized carbons (Fsp3) is 0.273. The molecule has 0 N–H and O–H groups in total. The predicted molar refractivity (Wildman–Crippen MR) is 59.9 cm³/mol. The van der Waals surface area contributed by atoms with Crippen LogP contribution in [0.15, 0.2) is 23.1 Å². The van der Waals surface area contributed by atoms with Gasteiger partial charge in [0.15, 0.2) is 0 Å². The number of fused-ring (bicyclic) bond motifs is 1. The first-order chi connectivity index (χ1) is 7.13. The number of benzene rings is 1. The van der Waals surface area contributed by atoms with Crippen molar-refractivity contribution in [3.05, 3.63) is 23.8 Å². The van der Waals surface area contributed by atoms with E-state index >= 15 is 0 Å². The van der Waals surface area contributed by atoms with Gasteiger partial charge in [-0.15, -0.1) is 11.8 Å². The zero-order valence-electron chi connectivity index (χ0n) is 8.52. The van der Waals surface area contributed by atoms with Crippen molar-refractivity contribution in [3.63, 3.8) is 0 Å². The van der Waals surface area contributed by atoms with Gasteiger partial charge in [-0.3, -0.25) is 4.79 Å². The Hall–Kier alpha value is -1.47. The van der Waals surface area contributed by atoms with Crippen LogP contribution in [-0.2, 0) is 4.79 Å². The van der Waals surface area contributed by atoms with Gasteiger partial charge in [-0.2, -0.15) is 5.26 Å². The van der Waals surface area contributed by atoms with E-state index in [1.807, 2.05) is 19.1 Å². The van der Waals surface area contributed by atoms with Crippen LogP contribution in [0.1, 0.15) is 12.5 Å². The van der Waals surface area contributed by atoms with Gasteiger partial charge < -0.3 is 4.90 Å². The Morgan fingerprint density at radius 3 is 2.93 bits per heavy atom. The largest absolute Gasteiger partial charge is 0.313 e. The van der Waals surface area contributed by atoms with Crippen LogP contribution in [0.25, 0.3) is 0 Å². The molecule has 2 rings (SSSR count). The number of thioether (sulfide) groups is 1. The summed E-state index contributed by atoms with van der Waals surface area (Å²) in [7, 11) is 1.77. The molecule has 0 aromatic heterocycles. The van der Waals surface area contributed by atoms with E-state index in [1.165, 1.54) is 11.8 Å². The lowest BCUT2D eigenvalue weighted by atomic mass is 10.2. The van der Waals surface area contributed by atoms with Crippen LogP contribution in [0.3, 0.4) is 0 Å². The van der Waals surface area contributed by atoms with Crippen LogP contribution in [0.4, 0.5) is 5.69 Å². The third-order valence-electron chi connectivity index (χ3n) is 2.43. The molecule has 0 bridgehead atoms. The first-order valence-corrected chi connectivity index (χ1v) is 5.50. The Bertz CT molecular complexity index is 464. The number of anilines is 1. The number of rotatable bonds is 0. The minimum Gasteiger partial charge on any atom is -0.313 e. The van der Waals surface area contributed by atoms with E-state index in [1.54, 1.807) is 18.0 Å². The molecule has 1 amide bonds. The number of hydrogen-bond acceptors (Lipinski definition) is 3. The van der Waals surface area contributed by atoms with Crippen molar-refractivity contribution in [2.45, 2.75) is 17.1 Å². The van der Waals surface area contributed by atoms with E-state index in [4.69, 9.17) is 5.26 Å². The summed E-state index contributed by atoms with van der Waals surface area (Å²) >= 11 is 1.51. The smallest absolute Gasteiger partial charge is 0.239 e. The predicted octanol–water partition coefficient (Wildman–Crippen LogP) is 2.02. The van der Waals surface area contributed by atoms with Gasteiger partial charge in [-0.25, -0.2) is 0 Å². The Balaban J connectivity index is 2.51. The molecule has 1 heterocycles. The molecule has 1 aromatic rings. The highest BCUT2D eigenvalue weighted by Crippen LogP contribution is 2.38. The van der Waals surface area contributed by atoms with E-state index < -0.39 is 0 Å². The van der Waals surface area contributed by atoms with Crippen molar-refractivity contribution in [1.29, 1.82) is 5.26 Å². The van der Waals surface area contributed by atoms with Gasteiger partial charge in [0.05, 0.1) is 22.6 Å². The summed E-state index contributed by atoms with van der Waals surface area (Å²) in [4.78, 5) is 14.3. The SMILES string of the molecule is CC1Sc2cc(C#N)ccc2N(C)C1=O. The van der Waals surface area contributed by atoms with Crippen molar-refractivity contribution in [1.82, 2.24) is 0 Å². The molecule has 0 saturated heterocycles. The molecule has 1 aliphatic heterocycles. The van der Waals surface area contributed by atoms with Crippen LogP contribution < -0.4 is 4.90 Å². The fourth-order valence-electron chi connectivity index (χ4n) is 1.59. The van der Waals surface area contributed by atoms with E-state index in [-0.39, 0.29) is 11.2 Å². The number of hydrogen-bond donors (Lipinski definition) is 0. The highest BCUT2D eigenvalue weighted by Gasteiger charge is 2.27.